The Labute approximate surface area is 174 Å². The third kappa shape index (κ3) is 4.56. The number of benzene rings is 1. The van der Waals surface area contributed by atoms with Gasteiger partial charge >= 0.3 is 0 Å². The summed E-state index contributed by atoms with van der Waals surface area (Å²) in [4.78, 5) is 25.7. The largest absolute Gasteiger partial charge is 0.464 e. The van der Waals surface area contributed by atoms with Gasteiger partial charge in [0.15, 0.2) is 11.2 Å². The van der Waals surface area contributed by atoms with Crippen LogP contribution in [0, 0.1) is 18.3 Å². The summed E-state index contributed by atoms with van der Waals surface area (Å²) in [5.41, 5.74) is 0.724. The molecule has 1 aliphatic heterocycles. The summed E-state index contributed by atoms with van der Waals surface area (Å²) in [5.74, 6) is 1.13. The summed E-state index contributed by atoms with van der Waals surface area (Å²) in [6.45, 7) is 2.23. The molecule has 0 unspecified atom stereocenters. The number of hydrogen-bond donors (Lipinski definition) is 2. The molecule has 0 radical (unpaired) electrons. The molecule has 0 saturated heterocycles. The summed E-state index contributed by atoms with van der Waals surface area (Å²) in [6.07, 6.45) is 8.55. The molecule has 7 nitrogen and oxygen atoms in total. The SMILES string of the molecule is C#CCNC(=O)C1=C[C@H](c2coc3ccccc3c2=O)[C@@H](CCCO)[C@H](OCC)O1. The highest BCUT2D eigenvalue weighted by Crippen LogP contribution is 2.38. The molecular formula is C23H25NO6. The van der Waals surface area contributed by atoms with Crippen LogP contribution in [0.4, 0.5) is 0 Å². The summed E-state index contributed by atoms with van der Waals surface area (Å²) in [7, 11) is 0. The van der Waals surface area contributed by atoms with Crippen molar-refractivity contribution in [2.45, 2.75) is 32.0 Å². The molecule has 2 heterocycles. The lowest BCUT2D eigenvalue weighted by atomic mass is 9.81. The Morgan fingerprint density at radius 3 is 2.90 bits per heavy atom. The molecule has 0 aliphatic carbocycles. The number of ether oxygens (including phenoxy) is 2. The van der Waals surface area contributed by atoms with Gasteiger partial charge in [-0.1, -0.05) is 18.1 Å². The average Bonchev–Trinajstić information content (AvgIpc) is 2.77. The van der Waals surface area contributed by atoms with Crippen LogP contribution in [0.1, 0.15) is 31.2 Å². The van der Waals surface area contributed by atoms with E-state index in [1.807, 2.05) is 6.92 Å². The van der Waals surface area contributed by atoms with Gasteiger partial charge in [-0.3, -0.25) is 9.59 Å². The molecule has 30 heavy (non-hydrogen) atoms. The number of hydrogen-bond acceptors (Lipinski definition) is 6. The number of aliphatic hydroxyl groups is 1. The highest BCUT2D eigenvalue weighted by Gasteiger charge is 2.39. The van der Waals surface area contributed by atoms with Crippen molar-refractivity contribution in [3.05, 3.63) is 58.2 Å². The zero-order valence-electron chi connectivity index (χ0n) is 16.8. The summed E-state index contributed by atoms with van der Waals surface area (Å²) in [6, 6.07) is 7.00. The van der Waals surface area contributed by atoms with E-state index in [2.05, 4.69) is 11.2 Å². The summed E-state index contributed by atoms with van der Waals surface area (Å²) in [5, 5.41) is 12.4. The lowest BCUT2D eigenvalue weighted by molar-refractivity contribution is -0.166. The minimum Gasteiger partial charge on any atom is -0.464 e. The van der Waals surface area contributed by atoms with Crippen LogP contribution in [0.25, 0.3) is 11.0 Å². The second kappa shape index (κ2) is 10.1. The van der Waals surface area contributed by atoms with Gasteiger partial charge in [0.2, 0.25) is 6.29 Å². The molecule has 1 amide bonds. The van der Waals surface area contributed by atoms with Gasteiger partial charge in [0.25, 0.3) is 5.91 Å². The smallest absolute Gasteiger partial charge is 0.286 e. The molecule has 2 aromatic rings. The highest BCUT2D eigenvalue weighted by molar-refractivity contribution is 5.92. The van der Waals surface area contributed by atoms with Crippen molar-refractivity contribution in [1.82, 2.24) is 5.32 Å². The number of para-hydroxylation sites is 1. The van der Waals surface area contributed by atoms with Crippen molar-refractivity contribution < 1.29 is 23.8 Å². The van der Waals surface area contributed by atoms with E-state index < -0.39 is 18.1 Å². The first-order valence-electron chi connectivity index (χ1n) is 9.93. The zero-order chi connectivity index (χ0) is 21.5. The maximum absolute atomic E-state index is 13.2. The third-order valence-electron chi connectivity index (χ3n) is 5.05. The number of terminal acetylenes is 1. The van der Waals surface area contributed by atoms with E-state index in [0.29, 0.717) is 36.0 Å². The fraction of sp³-hybridized carbons (Fsp3) is 0.391. The van der Waals surface area contributed by atoms with E-state index in [1.165, 1.54) is 6.26 Å². The van der Waals surface area contributed by atoms with Crippen LogP contribution in [0.2, 0.25) is 0 Å². The van der Waals surface area contributed by atoms with Gasteiger partial charge in [0.1, 0.15) is 5.58 Å². The van der Waals surface area contributed by atoms with Crippen molar-refractivity contribution in [1.29, 1.82) is 0 Å². The molecule has 0 fully saturated rings. The minimum absolute atomic E-state index is 0.00633. The molecule has 7 heteroatoms. The fourth-order valence-electron chi connectivity index (χ4n) is 3.66. The number of carbonyl (C=O) groups excluding carboxylic acids is 1. The molecule has 1 aromatic heterocycles. The van der Waals surface area contributed by atoms with Crippen molar-refractivity contribution in [3.63, 3.8) is 0 Å². The van der Waals surface area contributed by atoms with Crippen LogP contribution in [-0.2, 0) is 14.3 Å². The fourth-order valence-corrected chi connectivity index (χ4v) is 3.66. The quantitative estimate of drug-likeness (QED) is 0.647. The van der Waals surface area contributed by atoms with E-state index in [-0.39, 0.29) is 30.3 Å². The summed E-state index contributed by atoms with van der Waals surface area (Å²) < 4.78 is 17.3. The zero-order valence-corrected chi connectivity index (χ0v) is 16.8. The number of aliphatic hydroxyl groups excluding tert-OH is 1. The van der Waals surface area contributed by atoms with E-state index in [1.54, 1.807) is 30.3 Å². The molecule has 0 saturated carbocycles. The second-order valence-electron chi connectivity index (χ2n) is 6.93. The molecule has 1 aliphatic rings. The minimum atomic E-state index is -0.756. The van der Waals surface area contributed by atoms with Gasteiger partial charge < -0.3 is 24.3 Å². The Kier molecular flexibility index (Phi) is 7.28. The van der Waals surface area contributed by atoms with Crippen molar-refractivity contribution >= 4 is 16.9 Å². The normalized spacial score (nSPS) is 20.8. The first-order valence-corrected chi connectivity index (χ1v) is 9.93. The molecule has 1 aromatic carbocycles. The van der Waals surface area contributed by atoms with Crippen LogP contribution < -0.4 is 10.7 Å². The Balaban J connectivity index is 2.09. The first-order chi connectivity index (χ1) is 14.6. The van der Waals surface area contributed by atoms with Gasteiger partial charge in [-0.2, -0.15) is 0 Å². The van der Waals surface area contributed by atoms with Crippen LogP contribution in [0.5, 0.6) is 0 Å². The Bertz CT molecular complexity index is 1020. The van der Waals surface area contributed by atoms with Gasteiger partial charge in [-0.05, 0) is 38.0 Å². The number of fused-ring (bicyclic) bond motifs is 1. The lowest BCUT2D eigenvalue weighted by Gasteiger charge is -2.36. The van der Waals surface area contributed by atoms with E-state index in [9.17, 15) is 14.7 Å². The monoisotopic (exact) mass is 411 g/mol. The second-order valence-corrected chi connectivity index (χ2v) is 6.93. The highest BCUT2D eigenvalue weighted by atomic mass is 16.7. The molecule has 158 valence electrons. The number of rotatable bonds is 8. The van der Waals surface area contributed by atoms with Crippen molar-refractivity contribution in [3.8, 4) is 12.3 Å². The average molecular weight is 411 g/mol. The van der Waals surface area contributed by atoms with Gasteiger partial charge in [0.05, 0.1) is 18.2 Å². The number of carbonyl (C=O) groups is 1. The van der Waals surface area contributed by atoms with E-state index >= 15 is 0 Å². The standard InChI is InChI=1S/C23H25NO6/c1-3-11-24-22(27)20-13-17(15(9-7-12-25)23(30-20)28-4-2)18-14-29-19-10-6-5-8-16(19)21(18)26/h1,5-6,8,10,13-15,17,23,25H,4,7,9,11-12H2,2H3,(H,24,27)/t15-,17+,23-/m1/s1. The Morgan fingerprint density at radius 2 is 2.17 bits per heavy atom. The van der Waals surface area contributed by atoms with Crippen molar-refractivity contribution in [2.24, 2.45) is 5.92 Å². The van der Waals surface area contributed by atoms with Crippen LogP contribution in [-0.4, -0.2) is 37.1 Å². The number of allylic oxidation sites excluding steroid dienone is 1. The maximum Gasteiger partial charge on any atom is 0.286 e. The number of amides is 1. The van der Waals surface area contributed by atoms with Gasteiger partial charge in [0, 0.05) is 30.6 Å². The molecule has 3 rings (SSSR count). The predicted octanol–water partition coefficient (Wildman–Crippen LogP) is 2.29. The van der Waals surface area contributed by atoms with Crippen LogP contribution in [0.3, 0.4) is 0 Å². The molecule has 2 N–H and O–H groups in total. The predicted molar refractivity (Wildman–Crippen MR) is 111 cm³/mol. The Morgan fingerprint density at radius 1 is 1.37 bits per heavy atom. The molecular weight excluding hydrogens is 386 g/mol. The van der Waals surface area contributed by atoms with Crippen molar-refractivity contribution in [2.75, 3.05) is 19.8 Å². The van der Waals surface area contributed by atoms with Crippen LogP contribution in [0.15, 0.2) is 51.6 Å². The maximum atomic E-state index is 13.2. The molecule has 0 bridgehead atoms. The molecule has 0 spiro atoms. The Hall–Kier alpha value is -3.08. The number of nitrogens with one attached hydrogen (secondary N) is 1. The van der Waals surface area contributed by atoms with Crippen LogP contribution >= 0.6 is 0 Å². The topological polar surface area (TPSA) is 98.0 Å². The van der Waals surface area contributed by atoms with E-state index in [0.717, 1.165) is 0 Å². The lowest BCUT2D eigenvalue weighted by Crippen LogP contribution is -2.40. The van der Waals surface area contributed by atoms with Gasteiger partial charge in [-0.15, -0.1) is 6.42 Å². The van der Waals surface area contributed by atoms with E-state index in [4.69, 9.17) is 20.3 Å². The third-order valence-corrected chi connectivity index (χ3v) is 5.05. The summed E-state index contributed by atoms with van der Waals surface area (Å²) >= 11 is 0. The molecule has 3 atom stereocenters. The first kappa shape index (κ1) is 21.6. The van der Waals surface area contributed by atoms with Gasteiger partial charge in [-0.25, -0.2) is 0 Å².